The highest BCUT2D eigenvalue weighted by Gasteiger charge is 2.70. The van der Waals surface area contributed by atoms with E-state index >= 15 is 0 Å². The molecule has 246 valence electrons. The molecule has 2 saturated carbocycles. The number of rotatable bonds is 6. The van der Waals surface area contributed by atoms with Crippen LogP contribution in [0.1, 0.15) is 39.5 Å². The quantitative estimate of drug-likeness (QED) is 0.132. The number of nitrogens with one attached hydrogen (secondary N) is 1. The minimum atomic E-state index is -4.78. The molecule has 2 aliphatic carbocycles. The second-order valence-corrected chi connectivity index (χ2v) is 14.9. The van der Waals surface area contributed by atoms with Crippen LogP contribution in [0.15, 0.2) is 76.6 Å². The predicted octanol–water partition coefficient (Wildman–Crippen LogP) is 6.93. The number of carbonyl (C=O) groups excluding carboxylic acids is 2. The highest BCUT2D eigenvalue weighted by Crippen LogP contribution is 2.69. The summed E-state index contributed by atoms with van der Waals surface area (Å²) in [7, 11) is 0. The zero-order valence-corrected chi connectivity index (χ0v) is 26.7. The molecule has 0 spiro atoms. The molecule has 7 atom stereocenters. The van der Waals surface area contributed by atoms with Gasteiger partial charge < -0.3 is 9.72 Å². The average Bonchev–Trinajstić information content (AvgIpc) is 3.79. The fourth-order valence-electron chi connectivity index (χ4n) is 8.46. The maximum Gasteiger partial charge on any atom is 0.418 e. The van der Waals surface area contributed by atoms with E-state index in [0.29, 0.717) is 27.6 Å². The Balaban J connectivity index is 1.23. The van der Waals surface area contributed by atoms with Gasteiger partial charge in [-0.15, -0.1) is 11.8 Å². The summed E-state index contributed by atoms with van der Waals surface area (Å²) in [5.74, 6) is -4.33. The first kappa shape index (κ1) is 30.9. The van der Waals surface area contributed by atoms with Crippen molar-refractivity contribution in [1.29, 1.82) is 0 Å². The van der Waals surface area contributed by atoms with Crippen molar-refractivity contribution in [3.05, 3.63) is 114 Å². The summed E-state index contributed by atoms with van der Waals surface area (Å²) in [6, 6.07) is 16.6. The Bertz CT molecular complexity index is 2080. The van der Waals surface area contributed by atoms with E-state index in [0.717, 1.165) is 39.5 Å². The first-order valence-corrected chi connectivity index (χ1v) is 17.0. The van der Waals surface area contributed by atoms with Gasteiger partial charge in [-0.2, -0.15) is 13.2 Å². The Kier molecular flexibility index (Phi) is 7.11. The molecule has 3 fully saturated rings. The van der Waals surface area contributed by atoms with Crippen LogP contribution in [0.3, 0.4) is 0 Å². The normalized spacial score (nSPS) is 27.2. The van der Waals surface area contributed by atoms with Gasteiger partial charge in [-0.25, -0.2) is 4.90 Å². The second kappa shape index (κ2) is 11.1. The van der Waals surface area contributed by atoms with Crippen LogP contribution >= 0.6 is 23.1 Å². The Hall–Kier alpha value is -4.43. The molecule has 5 unspecified atom stereocenters. The van der Waals surface area contributed by atoms with Gasteiger partial charge in [0.15, 0.2) is 0 Å². The Morgan fingerprint density at radius 3 is 2.44 bits per heavy atom. The summed E-state index contributed by atoms with van der Waals surface area (Å²) in [6.07, 6.45) is -4.28. The SMILES string of the molecule is Cc1ccccc1COc1ccc([N+](=O)[O-])cc1C1c2sc(=O)[nH]c2SC2C1[C@H]1C[C@@H]2C2C(=O)N(c3ccccc3C(F)(F)F)C(=O)C21. The van der Waals surface area contributed by atoms with E-state index in [2.05, 4.69) is 4.98 Å². The summed E-state index contributed by atoms with van der Waals surface area (Å²) < 4.78 is 48.4. The zero-order chi connectivity index (χ0) is 33.6. The molecule has 9 nitrogen and oxygen atoms in total. The number of anilines is 1. The summed E-state index contributed by atoms with van der Waals surface area (Å²) in [4.78, 5) is 56.3. The van der Waals surface area contributed by atoms with Crippen LogP contribution in [0, 0.1) is 46.6 Å². The number of amides is 2. The number of alkyl halides is 3. The topological polar surface area (TPSA) is 123 Å². The highest BCUT2D eigenvalue weighted by atomic mass is 32.2. The van der Waals surface area contributed by atoms with Gasteiger partial charge in [0, 0.05) is 33.7 Å². The fraction of sp³-hybridized carbons (Fsp3) is 0.324. The third-order valence-electron chi connectivity index (χ3n) is 10.4. The third kappa shape index (κ3) is 4.63. The summed E-state index contributed by atoms with van der Waals surface area (Å²) in [5.41, 5.74) is 0.704. The number of hydrogen-bond donors (Lipinski definition) is 1. The number of H-pyrrole nitrogens is 1. The molecule has 0 radical (unpaired) electrons. The Labute approximate surface area is 279 Å². The summed E-state index contributed by atoms with van der Waals surface area (Å²) in [5, 5.41) is 12.3. The van der Waals surface area contributed by atoms with Crippen LogP contribution < -0.4 is 14.5 Å². The largest absolute Gasteiger partial charge is 0.489 e. The van der Waals surface area contributed by atoms with E-state index in [1.807, 2.05) is 31.2 Å². The number of aromatic nitrogens is 1. The van der Waals surface area contributed by atoms with Crippen molar-refractivity contribution < 1.29 is 32.4 Å². The first-order chi connectivity index (χ1) is 22.9. The predicted molar refractivity (Wildman–Crippen MR) is 171 cm³/mol. The Morgan fingerprint density at radius 2 is 1.71 bits per heavy atom. The number of para-hydroxylation sites is 1. The molecule has 2 amide bonds. The molecule has 3 heterocycles. The molecular weight excluding hydrogens is 668 g/mol. The van der Waals surface area contributed by atoms with Crippen molar-refractivity contribution in [3.8, 4) is 5.75 Å². The lowest BCUT2D eigenvalue weighted by Gasteiger charge is -2.43. The van der Waals surface area contributed by atoms with Gasteiger partial charge in [-0.05, 0) is 60.4 Å². The number of fused-ring (bicyclic) bond motifs is 9. The van der Waals surface area contributed by atoms with E-state index in [9.17, 15) is 37.7 Å². The third-order valence-corrected chi connectivity index (χ3v) is 12.9. The number of imide groups is 1. The smallest absolute Gasteiger partial charge is 0.418 e. The monoisotopic (exact) mass is 693 g/mol. The lowest BCUT2D eigenvalue weighted by atomic mass is 9.68. The first-order valence-electron chi connectivity index (χ1n) is 15.3. The maximum absolute atomic E-state index is 14.1. The number of aryl methyl sites for hydroxylation is 1. The number of ether oxygens (including phenoxy) is 1. The zero-order valence-electron chi connectivity index (χ0n) is 25.1. The lowest BCUT2D eigenvalue weighted by molar-refractivity contribution is -0.385. The number of non-ortho nitro benzene ring substituents is 1. The average molecular weight is 694 g/mol. The molecule has 4 aliphatic rings. The van der Waals surface area contributed by atoms with E-state index in [-0.39, 0.29) is 34.3 Å². The fourth-order valence-corrected chi connectivity index (χ4v) is 11.3. The van der Waals surface area contributed by atoms with Crippen molar-refractivity contribution in [2.75, 3.05) is 4.90 Å². The van der Waals surface area contributed by atoms with Crippen LogP contribution in [0.4, 0.5) is 24.5 Å². The number of hydrogen-bond acceptors (Lipinski definition) is 8. The molecule has 1 N–H and O–H groups in total. The molecule has 48 heavy (non-hydrogen) atoms. The van der Waals surface area contributed by atoms with Gasteiger partial charge in [0.05, 0.1) is 33.0 Å². The van der Waals surface area contributed by atoms with Crippen molar-refractivity contribution in [1.82, 2.24) is 4.98 Å². The van der Waals surface area contributed by atoms with Crippen LogP contribution in [0.25, 0.3) is 0 Å². The van der Waals surface area contributed by atoms with Crippen molar-refractivity contribution >= 4 is 46.3 Å². The van der Waals surface area contributed by atoms with Gasteiger partial charge in [-0.1, -0.05) is 47.7 Å². The summed E-state index contributed by atoms with van der Waals surface area (Å²) >= 11 is 2.41. The molecule has 8 rings (SSSR count). The molecule has 1 saturated heterocycles. The molecule has 3 aromatic carbocycles. The van der Waals surface area contributed by atoms with Crippen molar-refractivity contribution in [2.45, 2.75) is 42.3 Å². The number of nitrogens with zero attached hydrogens (tertiary/aromatic N) is 2. The van der Waals surface area contributed by atoms with E-state index < -0.39 is 57.8 Å². The van der Waals surface area contributed by atoms with Gasteiger partial charge in [-0.3, -0.25) is 24.5 Å². The molecule has 1 aromatic heterocycles. The van der Waals surface area contributed by atoms with Crippen molar-refractivity contribution in [3.63, 3.8) is 0 Å². The molecular formula is C34H26F3N3O6S2. The van der Waals surface area contributed by atoms with Crippen LogP contribution in [0.5, 0.6) is 5.75 Å². The minimum absolute atomic E-state index is 0.171. The van der Waals surface area contributed by atoms with Crippen molar-refractivity contribution in [2.24, 2.45) is 29.6 Å². The lowest BCUT2D eigenvalue weighted by Crippen LogP contribution is -2.42. The van der Waals surface area contributed by atoms with Gasteiger partial charge in [0.1, 0.15) is 12.4 Å². The number of nitro benzene ring substituents is 1. The highest BCUT2D eigenvalue weighted by molar-refractivity contribution is 8.00. The van der Waals surface area contributed by atoms with E-state index in [1.165, 1.54) is 36.0 Å². The number of benzene rings is 3. The number of carbonyl (C=O) groups is 2. The summed E-state index contributed by atoms with van der Waals surface area (Å²) in [6.45, 7) is 2.13. The Morgan fingerprint density at radius 1 is 1.00 bits per heavy atom. The minimum Gasteiger partial charge on any atom is -0.489 e. The number of halogens is 3. The molecule has 14 heteroatoms. The standard InChI is InChI=1S/C34H26F3N3O6S2/c1-15-6-2-3-7-16(15)14-46-23-11-10-17(40(44)45)12-18(23)24-25-19-13-20(28(25)47-30-29(24)48-33(43)38-30)27-26(19)31(41)39(32(27)42)22-9-5-4-8-21(22)34(35,36)37/h2-12,19-20,24-28H,13-14H2,1H3,(H,38,43)/t19-,20-,24?,25?,26?,27?,28?/m1/s1. The number of nitro groups is 1. The molecule has 4 aromatic rings. The maximum atomic E-state index is 14.1. The van der Waals surface area contributed by atoms with Gasteiger partial charge in [0.2, 0.25) is 11.8 Å². The van der Waals surface area contributed by atoms with Crippen LogP contribution in [-0.2, 0) is 22.4 Å². The second-order valence-electron chi connectivity index (χ2n) is 12.7. The van der Waals surface area contributed by atoms with E-state index in [4.69, 9.17) is 4.74 Å². The number of thiazole rings is 1. The van der Waals surface area contributed by atoms with Crippen LogP contribution in [0.2, 0.25) is 0 Å². The van der Waals surface area contributed by atoms with Gasteiger partial charge >= 0.3 is 11.0 Å². The number of aromatic amines is 1. The van der Waals surface area contributed by atoms with E-state index in [1.54, 1.807) is 6.07 Å². The van der Waals surface area contributed by atoms with Crippen LogP contribution in [-0.4, -0.2) is 27.0 Å². The number of thioether (sulfide) groups is 1. The molecule has 2 aliphatic heterocycles. The van der Waals surface area contributed by atoms with Gasteiger partial charge in [0.25, 0.3) is 5.69 Å². The molecule has 2 bridgehead atoms.